The van der Waals surface area contributed by atoms with Gasteiger partial charge in [-0.05, 0) is 75.6 Å². The zero-order chi connectivity index (χ0) is 28.5. The average Bonchev–Trinajstić information content (AvgIpc) is 2.86. The fourth-order valence-corrected chi connectivity index (χ4v) is 5.65. The summed E-state index contributed by atoms with van der Waals surface area (Å²) in [5.74, 6) is -3.96. The number of hydrogen-bond acceptors (Lipinski definition) is 5. The molecule has 4 rings (SSSR count). The predicted molar refractivity (Wildman–Crippen MR) is 152 cm³/mol. The van der Waals surface area contributed by atoms with Crippen LogP contribution in [0.4, 0.5) is 11.4 Å². The molecular formula is C32H36N2O5. The first-order chi connectivity index (χ1) is 18.4. The summed E-state index contributed by atoms with van der Waals surface area (Å²) >= 11 is 0. The lowest BCUT2D eigenvalue weighted by atomic mass is 9.61. The van der Waals surface area contributed by atoms with Crippen LogP contribution < -0.4 is 15.4 Å². The van der Waals surface area contributed by atoms with Gasteiger partial charge in [-0.15, -0.1) is 0 Å². The summed E-state index contributed by atoms with van der Waals surface area (Å²) in [7, 11) is 1.55. The number of nitrogens with one attached hydrogen (secondary N) is 2. The molecule has 0 heterocycles. The molecule has 7 heteroatoms. The summed E-state index contributed by atoms with van der Waals surface area (Å²) in [6.45, 7) is 9.20. The molecule has 3 aromatic carbocycles. The van der Waals surface area contributed by atoms with E-state index in [0.29, 0.717) is 22.7 Å². The van der Waals surface area contributed by atoms with E-state index in [0.717, 1.165) is 22.3 Å². The highest BCUT2D eigenvalue weighted by Crippen LogP contribution is 2.47. The van der Waals surface area contributed by atoms with Crippen molar-refractivity contribution < 1.29 is 24.2 Å². The second kappa shape index (κ2) is 11.0. The lowest BCUT2D eigenvalue weighted by molar-refractivity contribution is -0.150. The summed E-state index contributed by atoms with van der Waals surface area (Å²) in [6.07, 6.45) is -0.324. The average molecular weight is 529 g/mol. The maximum absolute atomic E-state index is 13.9. The first-order valence-corrected chi connectivity index (χ1v) is 13.1. The van der Waals surface area contributed by atoms with Crippen molar-refractivity contribution in [1.82, 2.24) is 0 Å². The summed E-state index contributed by atoms with van der Waals surface area (Å²) in [5, 5.41) is 17.4. The number of Topliss-reactive ketones (excluding diaryl/α,β-unsaturated/α-hetero) is 1. The Hall–Kier alpha value is -3.97. The fourth-order valence-electron chi connectivity index (χ4n) is 5.65. The van der Waals surface area contributed by atoms with Crippen LogP contribution >= 0.6 is 0 Å². The van der Waals surface area contributed by atoms with E-state index in [4.69, 9.17) is 4.74 Å². The molecule has 0 spiro atoms. The van der Waals surface area contributed by atoms with Crippen molar-refractivity contribution in [3.63, 3.8) is 0 Å². The molecule has 4 unspecified atom stereocenters. The number of carbonyl (C=O) groups is 3. The molecule has 0 saturated heterocycles. The van der Waals surface area contributed by atoms with Crippen molar-refractivity contribution in [2.45, 2.75) is 52.6 Å². The van der Waals surface area contributed by atoms with E-state index in [2.05, 4.69) is 10.6 Å². The zero-order valence-corrected chi connectivity index (χ0v) is 23.3. The maximum atomic E-state index is 13.9. The number of anilines is 2. The summed E-state index contributed by atoms with van der Waals surface area (Å²) in [4.78, 5) is 41.2. The molecule has 0 bridgehead atoms. The molecule has 39 heavy (non-hydrogen) atoms. The van der Waals surface area contributed by atoms with Gasteiger partial charge in [0, 0.05) is 23.7 Å². The maximum Gasteiger partial charge on any atom is 0.235 e. The third-order valence-corrected chi connectivity index (χ3v) is 7.61. The van der Waals surface area contributed by atoms with E-state index in [-0.39, 0.29) is 6.42 Å². The van der Waals surface area contributed by atoms with E-state index in [1.54, 1.807) is 37.4 Å². The van der Waals surface area contributed by atoms with Gasteiger partial charge in [-0.3, -0.25) is 14.4 Å². The topological polar surface area (TPSA) is 105 Å². The minimum atomic E-state index is -1.68. The molecule has 204 valence electrons. The molecule has 1 saturated carbocycles. The Morgan fingerprint density at radius 3 is 1.85 bits per heavy atom. The molecule has 0 aromatic heterocycles. The third kappa shape index (κ3) is 5.88. The van der Waals surface area contributed by atoms with Crippen molar-refractivity contribution in [1.29, 1.82) is 0 Å². The third-order valence-electron chi connectivity index (χ3n) is 7.61. The highest BCUT2D eigenvalue weighted by atomic mass is 16.5. The monoisotopic (exact) mass is 528 g/mol. The van der Waals surface area contributed by atoms with Gasteiger partial charge >= 0.3 is 0 Å². The van der Waals surface area contributed by atoms with Gasteiger partial charge in [-0.1, -0.05) is 47.5 Å². The number of aryl methyl sites for hydroxylation is 4. The highest BCUT2D eigenvalue weighted by Gasteiger charge is 2.56. The molecule has 1 fully saturated rings. The van der Waals surface area contributed by atoms with E-state index in [1.807, 2.05) is 58.0 Å². The van der Waals surface area contributed by atoms with Crippen molar-refractivity contribution >= 4 is 29.0 Å². The van der Waals surface area contributed by atoms with Crippen molar-refractivity contribution in [3.05, 3.63) is 88.5 Å². The molecule has 3 N–H and O–H groups in total. The zero-order valence-electron chi connectivity index (χ0n) is 23.3. The Kier molecular flexibility index (Phi) is 7.93. The SMILES string of the molecule is COc1ccc(C2C(C(=O)Nc3ccc(C)cc3C)C(=O)CC(C)(O)C2C(=O)Nc2ccc(C)cc2C)cc1. The Bertz CT molecular complexity index is 1410. The summed E-state index contributed by atoms with van der Waals surface area (Å²) in [6, 6.07) is 18.2. The van der Waals surface area contributed by atoms with Gasteiger partial charge in [0.05, 0.1) is 18.6 Å². The van der Waals surface area contributed by atoms with Gasteiger partial charge in [0.2, 0.25) is 11.8 Å². The van der Waals surface area contributed by atoms with Gasteiger partial charge in [-0.2, -0.15) is 0 Å². The highest BCUT2D eigenvalue weighted by molar-refractivity contribution is 6.10. The second-order valence-electron chi connectivity index (χ2n) is 10.9. The van der Waals surface area contributed by atoms with Crippen LogP contribution in [0, 0.1) is 39.5 Å². The first kappa shape index (κ1) is 28.0. The number of methoxy groups -OCH3 is 1. The van der Waals surface area contributed by atoms with Crippen molar-refractivity contribution in [2.75, 3.05) is 17.7 Å². The van der Waals surface area contributed by atoms with Crippen LogP contribution in [0.1, 0.15) is 47.1 Å². The first-order valence-electron chi connectivity index (χ1n) is 13.1. The molecule has 0 aliphatic heterocycles. The number of rotatable bonds is 6. The van der Waals surface area contributed by atoms with Crippen molar-refractivity contribution in [3.8, 4) is 5.75 Å². The number of aliphatic hydroxyl groups is 1. The molecule has 0 radical (unpaired) electrons. The van der Waals surface area contributed by atoms with Gasteiger partial charge in [-0.25, -0.2) is 0 Å². The lowest BCUT2D eigenvalue weighted by Gasteiger charge is -2.44. The van der Waals surface area contributed by atoms with Crippen molar-refractivity contribution in [2.24, 2.45) is 11.8 Å². The van der Waals surface area contributed by atoms with Crippen LogP contribution in [-0.4, -0.2) is 35.4 Å². The van der Waals surface area contributed by atoms with Gasteiger partial charge in [0.25, 0.3) is 0 Å². The standard InChI is InChI=1S/C32H36N2O5/c1-18-7-13-24(20(3)15-18)33-30(36)28-26(35)17-32(5,38)29(27(28)22-9-11-23(39-6)12-10-22)31(37)34-25-14-8-19(2)16-21(25)4/h7-16,27-29,38H,17H2,1-6H3,(H,33,36)(H,34,37). The normalized spacial score (nSPS) is 22.7. The Labute approximate surface area is 229 Å². The molecule has 3 aromatic rings. The van der Waals surface area contributed by atoms with Crippen LogP contribution in [0.15, 0.2) is 60.7 Å². The van der Waals surface area contributed by atoms with Crippen LogP contribution in [0.25, 0.3) is 0 Å². The minimum absolute atomic E-state index is 0.324. The minimum Gasteiger partial charge on any atom is -0.497 e. The van der Waals surface area contributed by atoms with Crippen LogP contribution in [0.3, 0.4) is 0 Å². The number of amides is 2. The number of benzene rings is 3. The smallest absolute Gasteiger partial charge is 0.235 e. The Morgan fingerprint density at radius 2 is 1.36 bits per heavy atom. The van der Waals surface area contributed by atoms with Crippen LogP contribution in [0.2, 0.25) is 0 Å². The molecule has 4 atom stereocenters. The molecule has 1 aliphatic rings. The number of hydrogen-bond donors (Lipinski definition) is 3. The van der Waals surface area contributed by atoms with Crippen LogP contribution in [0.5, 0.6) is 5.75 Å². The Morgan fingerprint density at radius 1 is 0.846 bits per heavy atom. The second-order valence-corrected chi connectivity index (χ2v) is 10.9. The molecule has 2 amide bonds. The lowest BCUT2D eigenvalue weighted by Crippen LogP contribution is -2.56. The number of carbonyl (C=O) groups excluding carboxylic acids is 3. The van der Waals surface area contributed by atoms with Gasteiger partial charge in [0.15, 0.2) is 0 Å². The molecular weight excluding hydrogens is 492 g/mol. The predicted octanol–water partition coefficient (Wildman–Crippen LogP) is 5.25. The van der Waals surface area contributed by atoms with Gasteiger partial charge in [0.1, 0.15) is 17.5 Å². The van der Waals surface area contributed by atoms with E-state index in [1.165, 1.54) is 6.92 Å². The summed E-state index contributed by atoms with van der Waals surface area (Å²) in [5.41, 5.74) is 3.97. The van der Waals surface area contributed by atoms with E-state index < -0.39 is 41.0 Å². The Balaban J connectivity index is 1.78. The molecule has 1 aliphatic carbocycles. The largest absolute Gasteiger partial charge is 0.497 e. The van der Waals surface area contributed by atoms with E-state index >= 15 is 0 Å². The quantitative estimate of drug-likeness (QED) is 0.379. The summed E-state index contributed by atoms with van der Waals surface area (Å²) < 4.78 is 5.30. The van der Waals surface area contributed by atoms with Gasteiger partial charge < -0.3 is 20.5 Å². The van der Waals surface area contributed by atoms with Crippen LogP contribution in [-0.2, 0) is 14.4 Å². The van der Waals surface area contributed by atoms with E-state index in [9.17, 15) is 19.5 Å². The number of ketones is 1. The number of ether oxygens (including phenoxy) is 1. The fraction of sp³-hybridized carbons (Fsp3) is 0.344. The molecule has 7 nitrogen and oxygen atoms in total.